The molecule has 106 valence electrons. The van der Waals surface area contributed by atoms with E-state index in [0.29, 0.717) is 5.75 Å². The maximum Gasteiger partial charge on any atom is 0.234 e. The third-order valence-electron chi connectivity index (χ3n) is 2.89. The number of anilines is 1. The number of fused-ring (bicyclic) bond motifs is 1. The third kappa shape index (κ3) is 3.40. The first kappa shape index (κ1) is 14.0. The first-order valence-corrected chi connectivity index (χ1v) is 8.26. The molecule has 3 rings (SSSR count). The van der Waals surface area contributed by atoms with Gasteiger partial charge in [-0.05, 0) is 30.5 Å². The Kier molecular flexibility index (Phi) is 4.17. The van der Waals surface area contributed by atoms with E-state index in [1.165, 1.54) is 23.7 Å². The van der Waals surface area contributed by atoms with Crippen LogP contribution in [0.2, 0.25) is 0 Å². The number of hydrogen-bond donors (Lipinski definition) is 1. The molecule has 3 aromatic rings. The van der Waals surface area contributed by atoms with Gasteiger partial charge in [-0.15, -0.1) is 11.3 Å². The number of carbonyl (C=O) groups excluding carboxylic acids is 1. The summed E-state index contributed by atoms with van der Waals surface area (Å²) in [5, 5.41) is 5.72. The molecule has 1 N–H and O–H groups in total. The predicted molar refractivity (Wildman–Crippen MR) is 87.9 cm³/mol. The van der Waals surface area contributed by atoms with Crippen LogP contribution in [-0.2, 0) is 4.79 Å². The fourth-order valence-electron chi connectivity index (χ4n) is 1.84. The van der Waals surface area contributed by atoms with E-state index >= 15 is 0 Å². The van der Waals surface area contributed by atoms with Crippen LogP contribution in [0, 0.1) is 6.92 Å². The summed E-state index contributed by atoms with van der Waals surface area (Å²) in [7, 11) is 0. The van der Waals surface area contributed by atoms with Crippen molar-refractivity contribution < 1.29 is 4.79 Å². The molecule has 2 heterocycles. The molecule has 0 aliphatic rings. The molecule has 4 nitrogen and oxygen atoms in total. The summed E-state index contributed by atoms with van der Waals surface area (Å²) in [4.78, 5) is 20.4. The molecule has 0 aliphatic heterocycles. The molecule has 1 aromatic carbocycles. The van der Waals surface area contributed by atoms with Crippen LogP contribution < -0.4 is 5.32 Å². The highest BCUT2D eigenvalue weighted by atomic mass is 32.2. The molecule has 6 heteroatoms. The van der Waals surface area contributed by atoms with Crippen molar-refractivity contribution in [2.24, 2.45) is 0 Å². The van der Waals surface area contributed by atoms with Crippen LogP contribution in [0.25, 0.3) is 10.2 Å². The average Bonchev–Trinajstić information content (AvgIpc) is 2.96. The van der Waals surface area contributed by atoms with Crippen LogP contribution in [0.15, 0.2) is 47.1 Å². The zero-order valence-corrected chi connectivity index (χ0v) is 13.0. The lowest BCUT2D eigenvalue weighted by Gasteiger charge is -2.05. The highest BCUT2D eigenvalue weighted by Crippen LogP contribution is 2.28. The van der Waals surface area contributed by atoms with E-state index in [2.05, 4.69) is 15.3 Å². The van der Waals surface area contributed by atoms with Gasteiger partial charge in [-0.25, -0.2) is 9.97 Å². The number of aromatic nitrogens is 2. The van der Waals surface area contributed by atoms with Crippen LogP contribution in [0.1, 0.15) is 5.56 Å². The lowest BCUT2D eigenvalue weighted by Crippen LogP contribution is -2.14. The quantitative estimate of drug-likeness (QED) is 0.589. The highest BCUT2D eigenvalue weighted by Gasteiger charge is 2.09. The molecule has 0 radical (unpaired) electrons. The van der Waals surface area contributed by atoms with E-state index in [1.807, 2.05) is 42.6 Å². The predicted octanol–water partition coefficient (Wildman–Crippen LogP) is 3.73. The molecule has 0 bridgehead atoms. The van der Waals surface area contributed by atoms with Gasteiger partial charge in [-0.1, -0.05) is 29.5 Å². The lowest BCUT2D eigenvalue weighted by molar-refractivity contribution is -0.113. The molecule has 0 atom stereocenters. The minimum atomic E-state index is -0.0350. The largest absolute Gasteiger partial charge is 0.325 e. The van der Waals surface area contributed by atoms with Gasteiger partial charge in [0.2, 0.25) is 5.91 Å². The second-order valence-electron chi connectivity index (χ2n) is 4.52. The van der Waals surface area contributed by atoms with Crippen molar-refractivity contribution in [1.82, 2.24) is 9.97 Å². The van der Waals surface area contributed by atoms with Gasteiger partial charge in [-0.2, -0.15) is 0 Å². The molecule has 0 saturated heterocycles. The number of benzene rings is 1. The molecule has 0 fully saturated rings. The van der Waals surface area contributed by atoms with E-state index in [-0.39, 0.29) is 5.91 Å². The summed E-state index contributed by atoms with van der Waals surface area (Å²) in [6.45, 7) is 2.02. The van der Waals surface area contributed by atoms with Gasteiger partial charge in [-0.3, -0.25) is 4.79 Å². The van der Waals surface area contributed by atoms with Crippen molar-refractivity contribution >= 4 is 44.9 Å². The number of aryl methyl sites for hydroxylation is 1. The molecule has 0 saturated carbocycles. The summed E-state index contributed by atoms with van der Waals surface area (Å²) in [6.07, 6.45) is 1.54. The van der Waals surface area contributed by atoms with Gasteiger partial charge in [0.1, 0.15) is 11.4 Å². The van der Waals surface area contributed by atoms with Gasteiger partial charge in [0.15, 0.2) is 0 Å². The van der Waals surface area contributed by atoms with Crippen molar-refractivity contribution in [3.63, 3.8) is 0 Å². The maximum absolute atomic E-state index is 12.0. The van der Waals surface area contributed by atoms with Crippen LogP contribution in [-0.4, -0.2) is 21.6 Å². The number of amides is 1. The Hall–Kier alpha value is -1.92. The molecule has 21 heavy (non-hydrogen) atoms. The van der Waals surface area contributed by atoms with E-state index in [0.717, 1.165) is 20.9 Å². The second kappa shape index (κ2) is 6.24. The normalized spacial score (nSPS) is 10.7. The number of rotatable bonds is 4. The van der Waals surface area contributed by atoms with Gasteiger partial charge in [0, 0.05) is 5.69 Å². The summed E-state index contributed by atoms with van der Waals surface area (Å²) in [5.41, 5.74) is 2.91. The van der Waals surface area contributed by atoms with E-state index in [9.17, 15) is 4.79 Å². The van der Waals surface area contributed by atoms with Gasteiger partial charge < -0.3 is 5.32 Å². The van der Waals surface area contributed by atoms with Crippen LogP contribution in [0.4, 0.5) is 5.69 Å². The van der Waals surface area contributed by atoms with E-state index in [1.54, 1.807) is 11.3 Å². The first-order chi connectivity index (χ1) is 10.2. The lowest BCUT2D eigenvalue weighted by atomic mass is 10.2. The molecule has 2 aromatic heterocycles. The number of carbonyl (C=O) groups is 1. The number of thioether (sulfide) groups is 1. The summed E-state index contributed by atoms with van der Waals surface area (Å²) < 4.78 is 1.03. The Balaban J connectivity index is 1.63. The standard InChI is InChI=1S/C15H13N3OS2/c1-10-2-4-11(5-3-10)18-13(19)8-21-15-14-12(6-7-20-14)16-9-17-15/h2-7,9H,8H2,1H3,(H,18,19). The number of thiophene rings is 1. The Bertz CT molecular complexity index is 768. The minimum absolute atomic E-state index is 0.0350. The molecule has 1 amide bonds. The third-order valence-corrected chi connectivity index (χ3v) is 4.91. The van der Waals surface area contributed by atoms with Gasteiger partial charge in [0.25, 0.3) is 0 Å². The number of nitrogens with zero attached hydrogens (tertiary/aromatic N) is 2. The van der Waals surface area contributed by atoms with E-state index in [4.69, 9.17) is 0 Å². The molecular formula is C15H13N3OS2. The topological polar surface area (TPSA) is 54.9 Å². The van der Waals surface area contributed by atoms with Gasteiger partial charge >= 0.3 is 0 Å². The Morgan fingerprint density at radius 3 is 2.86 bits per heavy atom. The SMILES string of the molecule is Cc1ccc(NC(=O)CSc2ncnc3ccsc23)cc1. The van der Waals surface area contributed by atoms with Crippen molar-refractivity contribution in [3.8, 4) is 0 Å². The minimum Gasteiger partial charge on any atom is -0.325 e. The van der Waals surface area contributed by atoms with Gasteiger partial charge in [0.05, 0.1) is 16.0 Å². The van der Waals surface area contributed by atoms with Crippen molar-refractivity contribution in [1.29, 1.82) is 0 Å². The molecule has 0 spiro atoms. The zero-order chi connectivity index (χ0) is 14.7. The van der Waals surface area contributed by atoms with Crippen LogP contribution in [0.3, 0.4) is 0 Å². The van der Waals surface area contributed by atoms with Crippen molar-refractivity contribution in [2.75, 3.05) is 11.1 Å². The number of nitrogens with one attached hydrogen (secondary N) is 1. The Morgan fingerprint density at radius 2 is 2.05 bits per heavy atom. The van der Waals surface area contributed by atoms with Crippen LogP contribution in [0.5, 0.6) is 0 Å². The maximum atomic E-state index is 12.0. The summed E-state index contributed by atoms with van der Waals surface area (Å²) in [6, 6.07) is 9.71. The zero-order valence-electron chi connectivity index (χ0n) is 11.4. The summed E-state index contributed by atoms with van der Waals surface area (Å²) in [5.74, 6) is 0.296. The van der Waals surface area contributed by atoms with E-state index < -0.39 is 0 Å². The van der Waals surface area contributed by atoms with Crippen molar-refractivity contribution in [3.05, 3.63) is 47.6 Å². The van der Waals surface area contributed by atoms with Crippen molar-refractivity contribution in [2.45, 2.75) is 11.9 Å². The monoisotopic (exact) mass is 315 g/mol. The summed E-state index contributed by atoms with van der Waals surface area (Å²) >= 11 is 3.03. The number of hydrogen-bond acceptors (Lipinski definition) is 5. The highest BCUT2D eigenvalue weighted by molar-refractivity contribution is 8.00. The Labute approximate surface area is 130 Å². The fraction of sp³-hybridized carbons (Fsp3) is 0.133. The molecule has 0 aliphatic carbocycles. The second-order valence-corrected chi connectivity index (χ2v) is 6.40. The van der Waals surface area contributed by atoms with Crippen LogP contribution >= 0.6 is 23.1 Å². The fourth-order valence-corrected chi connectivity index (χ4v) is 3.58. The average molecular weight is 315 g/mol. The molecular weight excluding hydrogens is 302 g/mol. The molecule has 0 unspecified atom stereocenters. The first-order valence-electron chi connectivity index (χ1n) is 6.40. The smallest absolute Gasteiger partial charge is 0.234 e. The Morgan fingerprint density at radius 1 is 1.24 bits per heavy atom.